The van der Waals surface area contributed by atoms with Gasteiger partial charge >= 0.3 is 0 Å². The number of aryl methyl sites for hydroxylation is 3. The maximum atomic E-state index is 12.7. The fraction of sp³-hybridized carbons (Fsp3) is 0.200. The summed E-state index contributed by atoms with van der Waals surface area (Å²) in [5.41, 5.74) is 3.93. The van der Waals surface area contributed by atoms with Gasteiger partial charge in [-0.25, -0.2) is 4.98 Å². The third kappa shape index (κ3) is 4.12. The minimum atomic E-state index is -0.0977. The lowest BCUT2D eigenvalue weighted by atomic mass is 10.2. The van der Waals surface area contributed by atoms with Crippen molar-refractivity contribution in [1.82, 2.24) is 24.7 Å². The molecule has 9 heteroatoms. The van der Waals surface area contributed by atoms with E-state index in [9.17, 15) is 4.79 Å². The van der Waals surface area contributed by atoms with Crippen LogP contribution in [0.1, 0.15) is 21.8 Å². The van der Waals surface area contributed by atoms with Crippen molar-refractivity contribution >= 4 is 33.3 Å². The number of ether oxygens (including phenoxy) is 1. The van der Waals surface area contributed by atoms with Crippen LogP contribution in [0.15, 0.2) is 58.5 Å². The number of hydrogen-bond donors (Lipinski definition) is 1. The Morgan fingerprint density at radius 1 is 1.09 bits per heavy atom. The van der Waals surface area contributed by atoms with Crippen LogP contribution in [0.25, 0.3) is 27.3 Å². The van der Waals surface area contributed by atoms with Crippen LogP contribution in [0.3, 0.4) is 0 Å². The first-order chi connectivity index (χ1) is 16.4. The number of nitrogens with zero attached hydrogens (tertiary/aromatic N) is 4. The fourth-order valence-electron chi connectivity index (χ4n) is 3.74. The normalized spacial score (nSPS) is 11.3. The summed E-state index contributed by atoms with van der Waals surface area (Å²) >= 11 is 3.03. The van der Waals surface area contributed by atoms with Crippen LogP contribution in [0.2, 0.25) is 0 Å². The van der Waals surface area contributed by atoms with Crippen LogP contribution in [-0.4, -0.2) is 31.8 Å². The molecule has 2 aromatic carbocycles. The van der Waals surface area contributed by atoms with Crippen molar-refractivity contribution in [1.29, 1.82) is 0 Å². The molecular weight excluding hydrogens is 466 g/mol. The van der Waals surface area contributed by atoms with E-state index in [0.29, 0.717) is 27.9 Å². The fourth-order valence-corrected chi connectivity index (χ4v) is 5.61. The van der Waals surface area contributed by atoms with E-state index in [0.717, 1.165) is 32.3 Å². The van der Waals surface area contributed by atoms with Crippen molar-refractivity contribution in [2.45, 2.75) is 31.7 Å². The van der Waals surface area contributed by atoms with Crippen LogP contribution >= 0.6 is 23.1 Å². The van der Waals surface area contributed by atoms with Gasteiger partial charge in [0.15, 0.2) is 11.0 Å². The molecule has 0 aliphatic rings. The van der Waals surface area contributed by atoms with Gasteiger partial charge in [-0.05, 0) is 50.6 Å². The van der Waals surface area contributed by atoms with E-state index in [2.05, 4.69) is 46.4 Å². The number of thioether (sulfide) groups is 1. The van der Waals surface area contributed by atoms with Gasteiger partial charge in [-0.15, -0.1) is 21.5 Å². The molecule has 34 heavy (non-hydrogen) atoms. The van der Waals surface area contributed by atoms with Crippen molar-refractivity contribution in [2.24, 2.45) is 0 Å². The number of methoxy groups -OCH3 is 1. The minimum Gasteiger partial charge on any atom is -0.497 e. The molecular formula is C25H23N5O2S2. The van der Waals surface area contributed by atoms with Gasteiger partial charge in [0.1, 0.15) is 16.4 Å². The Morgan fingerprint density at radius 2 is 1.88 bits per heavy atom. The highest BCUT2D eigenvalue weighted by molar-refractivity contribution is 7.98. The first-order valence-electron chi connectivity index (χ1n) is 10.7. The Balaban J connectivity index is 1.54. The Bertz CT molecular complexity index is 1550. The zero-order chi connectivity index (χ0) is 23.8. The monoisotopic (exact) mass is 489 g/mol. The first-order valence-corrected chi connectivity index (χ1v) is 12.5. The van der Waals surface area contributed by atoms with Crippen LogP contribution < -0.4 is 10.3 Å². The zero-order valence-corrected chi connectivity index (χ0v) is 20.9. The van der Waals surface area contributed by atoms with Gasteiger partial charge in [-0.1, -0.05) is 41.6 Å². The maximum absolute atomic E-state index is 12.7. The number of aromatic nitrogens is 5. The van der Waals surface area contributed by atoms with Gasteiger partial charge < -0.3 is 9.72 Å². The lowest BCUT2D eigenvalue weighted by molar-refractivity contribution is 0.415. The molecule has 172 valence electrons. The summed E-state index contributed by atoms with van der Waals surface area (Å²) in [6.07, 6.45) is 0. The summed E-state index contributed by atoms with van der Waals surface area (Å²) in [5, 5.41) is 10.4. The van der Waals surface area contributed by atoms with Crippen molar-refractivity contribution in [3.63, 3.8) is 0 Å². The molecule has 7 nitrogen and oxygen atoms in total. The third-order valence-electron chi connectivity index (χ3n) is 5.68. The summed E-state index contributed by atoms with van der Waals surface area (Å²) < 4.78 is 7.43. The molecule has 3 aromatic heterocycles. The predicted molar refractivity (Wildman–Crippen MR) is 137 cm³/mol. The maximum Gasteiger partial charge on any atom is 0.259 e. The van der Waals surface area contributed by atoms with E-state index >= 15 is 0 Å². The highest BCUT2D eigenvalue weighted by Gasteiger charge is 2.18. The second-order valence-corrected chi connectivity index (χ2v) is 10.1. The van der Waals surface area contributed by atoms with Gasteiger partial charge in [0.05, 0.1) is 18.2 Å². The number of H-pyrrole nitrogens is 1. The number of benzene rings is 2. The molecule has 5 rings (SSSR count). The largest absolute Gasteiger partial charge is 0.497 e. The molecule has 0 spiro atoms. The average molecular weight is 490 g/mol. The van der Waals surface area contributed by atoms with E-state index in [1.807, 2.05) is 42.7 Å². The summed E-state index contributed by atoms with van der Waals surface area (Å²) in [6.45, 7) is 6.03. The molecule has 0 saturated heterocycles. The number of rotatable bonds is 6. The van der Waals surface area contributed by atoms with E-state index in [1.54, 1.807) is 18.4 Å². The molecule has 5 aromatic rings. The Labute approximate surface area is 204 Å². The highest BCUT2D eigenvalue weighted by Crippen LogP contribution is 2.31. The minimum absolute atomic E-state index is 0.0977. The lowest BCUT2D eigenvalue weighted by Crippen LogP contribution is -2.11. The number of fused-ring (bicyclic) bond motifs is 1. The summed E-state index contributed by atoms with van der Waals surface area (Å²) in [7, 11) is 1.65. The molecule has 0 atom stereocenters. The highest BCUT2D eigenvalue weighted by atomic mass is 32.2. The van der Waals surface area contributed by atoms with Gasteiger partial charge in [0.2, 0.25) is 0 Å². The van der Waals surface area contributed by atoms with Crippen LogP contribution in [-0.2, 0) is 5.75 Å². The summed E-state index contributed by atoms with van der Waals surface area (Å²) in [6, 6.07) is 16.0. The second kappa shape index (κ2) is 9.08. The van der Waals surface area contributed by atoms with Crippen molar-refractivity contribution in [3.05, 3.63) is 80.7 Å². The van der Waals surface area contributed by atoms with Gasteiger partial charge in [0, 0.05) is 16.1 Å². The molecule has 0 fully saturated rings. The third-order valence-corrected chi connectivity index (χ3v) is 7.72. The van der Waals surface area contributed by atoms with Gasteiger partial charge in [-0.2, -0.15) is 0 Å². The zero-order valence-electron chi connectivity index (χ0n) is 19.2. The van der Waals surface area contributed by atoms with Crippen molar-refractivity contribution < 1.29 is 4.74 Å². The molecule has 0 aliphatic carbocycles. The Morgan fingerprint density at radius 3 is 2.65 bits per heavy atom. The molecule has 0 unspecified atom stereocenters. The number of hydrogen-bond acceptors (Lipinski definition) is 7. The summed E-state index contributed by atoms with van der Waals surface area (Å²) in [4.78, 5) is 22.2. The number of nitrogens with one attached hydrogen (secondary N) is 1. The molecule has 0 amide bonds. The molecule has 0 aliphatic heterocycles. The van der Waals surface area contributed by atoms with Crippen molar-refractivity contribution in [2.75, 3.05) is 7.11 Å². The SMILES string of the molecule is COc1cccc(-c2nnc(SCc3nc4sc(C)c(C)c4c(=O)[nH]3)n2-c2ccc(C)cc2)c1. The number of thiophene rings is 1. The standard InChI is InChI=1S/C25H23N5O2S2/c1-14-8-10-18(11-9-14)30-22(17-6-5-7-19(12-17)32-4)28-29-25(30)33-13-20-26-23(31)21-15(2)16(3)34-24(21)27-20/h5-12H,13H2,1-4H3,(H,26,27,31). The average Bonchev–Trinajstić information content (AvgIpc) is 3.39. The van der Waals surface area contributed by atoms with Crippen LogP contribution in [0.4, 0.5) is 0 Å². The molecule has 0 saturated carbocycles. The molecule has 0 bridgehead atoms. The smallest absolute Gasteiger partial charge is 0.259 e. The molecule has 3 heterocycles. The van der Waals surface area contributed by atoms with Gasteiger partial charge in [0.25, 0.3) is 5.56 Å². The van der Waals surface area contributed by atoms with Gasteiger partial charge in [-0.3, -0.25) is 9.36 Å². The van der Waals surface area contributed by atoms with Crippen LogP contribution in [0, 0.1) is 20.8 Å². The molecule has 0 radical (unpaired) electrons. The van der Waals surface area contributed by atoms with E-state index in [-0.39, 0.29) is 5.56 Å². The number of aromatic amines is 1. The Hall–Kier alpha value is -3.43. The first kappa shape index (κ1) is 22.4. The Kier molecular flexibility index (Phi) is 5.97. The van der Waals surface area contributed by atoms with E-state index in [1.165, 1.54) is 17.3 Å². The topological polar surface area (TPSA) is 85.7 Å². The van der Waals surface area contributed by atoms with E-state index in [4.69, 9.17) is 9.72 Å². The van der Waals surface area contributed by atoms with Crippen molar-refractivity contribution in [3.8, 4) is 22.8 Å². The summed E-state index contributed by atoms with van der Waals surface area (Å²) in [5.74, 6) is 2.54. The molecule has 1 N–H and O–H groups in total. The lowest BCUT2D eigenvalue weighted by Gasteiger charge is -2.11. The van der Waals surface area contributed by atoms with E-state index < -0.39 is 0 Å². The second-order valence-electron chi connectivity index (χ2n) is 7.97. The quantitative estimate of drug-likeness (QED) is 0.319. The predicted octanol–water partition coefficient (Wildman–Crippen LogP) is 5.46. The van der Waals surface area contributed by atoms with Crippen LogP contribution in [0.5, 0.6) is 5.75 Å².